The van der Waals surface area contributed by atoms with Crippen LogP contribution in [-0.2, 0) is 14.3 Å². The molecule has 3 rings (SSSR count). The van der Waals surface area contributed by atoms with Gasteiger partial charge < -0.3 is 10.1 Å². The van der Waals surface area contributed by atoms with Crippen LogP contribution >= 0.6 is 11.3 Å². The summed E-state index contributed by atoms with van der Waals surface area (Å²) < 4.78 is 5.04. The third-order valence-corrected chi connectivity index (χ3v) is 4.68. The summed E-state index contributed by atoms with van der Waals surface area (Å²) in [5, 5.41) is 4.86. The lowest BCUT2D eigenvalue weighted by Crippen LogP contribution is -2.32. The van der Waals surface area contributed by atoms with Gasteiger partial charge in [0, 0.05) is 11.0 Å². The van der Waals surface area contributed by atoms with Gasteiger partial charge in [0.05, 0.1) is 6.04 Å². The largest absolute Gasteiger partial charge is 0.452 e. The van der Waals surface area contributed by atoms with Gasteiger partial charge >= 0.3 is 5.97 Å². The third-order valence-electron chi connectivity index (χ3n) is 3.84. The van der Waals surface area contributed by atoms with Gasteiger partial charge in [-0.15, -0.1) is 11.3 Å². The van der Waals surface area contributed by atoms with Gasteiger partial charge in [0.2, 0.25) is 0 Å². The van der Waals surface area contributed by atoms with Gasteiger partial charge in [0.1, 0.15) is 0 Å². The van der Waals surface area contributed by atoms with Crippen molar-refractivity contribution in [3.8, 4) is 0 Å². The molecule has 0 unspecified atom stereocenters. The van der Waals surface area contributed by atoms with Crippen molar-refractivity contribution >= 4 is 29.3 Å². The first kappa shape index (κ1) is 18.6. The minimum Gasteiger partial charge on any atom is -0.452 e. The van der Waals surface area contributed by atoms with E-state index in [-0.39, 0.29) is 18.6 Å². The van der Waals surface area contributed by atoms with Gasteiger partial charge in [-0.3, -0.25) is 4.79 Å². The number of nitrogens with one attached hydrogen (secondary N) is 1. The second kappa shape index (κ2) is 9.50. The summed E-state index contributed by atoms with van der Waals surface area (Å²) in [6, 6.07) is 22.8. The highest BCUT2D eigenvalue weighted by atomic mass is 32.1. The summed E-state index contributed by atoms with van der Waals surface area (Å²) in [4.78, 5) is 25.1. The van der Waals surface area contributed by atoms with E-state index in [0.29, 0.717) is 0 Å². The van der Waals surface area contributed by atoms with Crippen LogP contribution in [0.15, 0.2) is 84.3 Å². The first-order valence-electron chi connectivity index (χ1n) is 8.50. The predicted molar refractivity (Wildman–Crippen MR) is 107 cm³/mol. The number of carbonyl (C=O) groups excluding carboxylic acids is 2. The third kappa shape index (κ3) is 5.66. The molecule has 0 fully saturated rings. The van der Waals surface area contributed by atoms with Crippen molar-refractivity contribution in [1.29, 1.82) is 0 Å². The van der Waals surface area contributed by atoms with Gasteiger partial charge in [-0.2, -0.15) is 0 Å². The molecule has 27 heavy (non-hydrogen) atoms. The zero-order chi connectivity index (χ0) is 18.9. The lowest BCUT2D eigenvalue weighted by Gasteiger charge is -2.19. The highest BCUT2D eigenvalue weighted by Gasteiger charge is 2.17. The molecule has 0 radical (unpaired) electrons. The Kier molecular flexibility index (Phi) is 6.55. The molecule has 0 aliphatic heterocycles. The number of hydrogen-bond donors (Lipinski definition) is 1. The summed E-state index contributed by atoms with van der Waals surface area (Å²) in [6.07, 6.45) is 2.99. The van der Waals surface area contributed by atoms with E-state index in [1.807, 2.05) is 78.2 Å². The summed E-state index contributed by atoms with van der Waals surface area (Å²) >= 11 is 1.52. The second-order valence-electron chi connectivity index (χ2n) is 5.78. The number of esters is 1. The van der Waals surface area contributed by atoms with E-state index < -0.39 is 5.97 Å². The van der Waals surface area contributed by atoms with Crippen LogP contribution in [-0.4, -0.2) is 18.5 Å². The SMILES string of the molecule is O=C(COC(=O)/C=C/c1cccs1)NC(c1ccccc1)c1ccccc1. The normalized spacial score (nSPS) is 10.9. The summed E-state index contributed by atoms with van der Waals surface area (Å²) in [5.74, 6) is -0.903. The standard InChI is InChI=1S/C22H19NO3S/c24-20(16-26-21(25)14-13-19-12-7-15-27-19)23-22(17-8-3-1-4-9-17)18-10-5-2-6-11-18/h1-15,22H,16H2,(H,23,24)/b14-13+. The Morgan fingerprint density at radius 1 is 0.926 bits per heavy atom. The molecule has 1 amide bonds. The highest BCUT2D eigenvalue weighted by Crippen LogP contribution is 2.21. The minimum atomic E-state index is -0.547. The number of carbonyl (C=O) groups is 2. The molecule has 4 nitrogen and oxygen atoms in total. The Balaban J connectivity index is 1.60. The Morgan fingerprint density at radius 3 is 2.11 bits per heavy atom. The van der Waals surface area contributed by atoms with Crippen LogP contribution in [0.25, 0.3) is 6.08 Å². The van der Waals surface area contributed by atoms with Crippen molar-refractivity contribution in [2.75, 3.05) is 6.61 Å². The molecule has 5 heteroatoms. The maximum Gasteiger partial charge on any atom is 0.331 e. The maximum absolute atomic E-state index is 12.3. The van der Waals surface area contributed by atoms with E-state index in [4.69, 9.17) is 4.74 Å². The van der Waals surface area contributed by atoms with E-state index in [1.54, 1.807) is 6.08 Å². The maximum atomic E-state index is 12.3. The van der Waals surface area contributed by atoms with Crippen molar-refractivity contribution in [3.05, 3.63) is 100 Å². The fourth-order valence-corrected chi connectivity index (χ4v) is 3.19. The van der Waals surface area contributed by atoms with Crippen molar-refractivity contribution in [3.63, 3.8) is 0 Å². The Hall–Kier alpha value is -3.18. The number of thiophene rings is 1. The van der Waals surface area contributed by atoms with Crippen LogP contribution in [0, 0.1) is 0 Å². The molecule has 2 aromatic carbocycles. The fraction of sp³-hybridized carbons (Fsp3) is 0.0909. The predicted octanol–water partition coefficient (Wildman–Crippen LogP) is 4.21. The molecule has 0 saturated heterocycles. The van der Waals surface area contributed by atoms with Crippen molar-refractivity contribution in [2.24, 2.45) is 0 Å². The molecular formula is C22H19NO3S. The summed E-state index contributed by atoms with van der Waals surface area (Å²) in [7, 11) is 0. The number of ether oxygens (including phenoxy) is 1. The van der Waals surface area contributed by atoms with Crippen LogP contribution in [0.4, 0.5) is 0 Å². The monoisotopic (exact) mass is 377 g/mol. The molecule has 0 spiro atoms. The topological polar surface area (TPSA) is 55.4 Å². The Labute approximate surface area is 162 Å². The average Bonchev–Trinajstić information content (AvgIpc) is 3.24. The van der Waals surface area contributed by atoms with Crippen LogP contribution in [0.3, 0.4) is 0 Å². The molecule has 1 aromatic heterocycles. The van der Waals surface area contributed by atoms with Crippen LogP contribution in [0.1, 0.15) is 22.0 Å². The zero-order valence-electron chi connectivity index (χ0n) is 14.6. The van der Waals surface area contributed by atoms with E-state index in [1.165, 1.54) is 17.4 Å². The molecule has 1 N–H and O–H groups in total. The van der Waals surface area contributed by atoms with Crippen LogP contribution in [0.2, 0.25) is 0 Å². The zero-order valence-corrected chi connectivity index (χ0v) is 15.4. The second-order valence-corrected chi connectivity index (χ2v) is 6.76. The van der Waals surface area contributed by atoms with Crippen molar-refractivity contribution in [1.82, 2.24) is 5.32 Å². The minimum absolute atomic E-state index is 0.305. The van der Waals surface area contributed by atoms with Gasteiger partial charge in [-0.1, -0.05) is 66.7 Å². The van der Waals surface area contributed by atoms with E-state index in [9.17, 15) is 9.59 Å². The lowest BCUT2D eigenvalue weighted by atomic mass is 9.99. The molecule has 0 atom stereocenters. The van der Waals surface area contributed by atoms with Gasteiger partial charge in [0.25, 0.3) is 5.91 Å². The molecule has 0 saturated carbocycles. The fourth-order valence-electron chi connectivity index (χ4n) is 2.57. The number of benzene rings is 2. The van der Waals surface area contributed by atoms with Gasteiger partial charge in [-0.05, 0) is 28.6 Å². The smallest absolute Gasteiger partial charge is 0.331 e. The van der Waals surface area contributed by atoms with Crippen molar-refractivity contribution in [2.45, 2.75) is 6.04 Å². The Bertz CT molecular complexity index is 850. The first-order valence-corrected chi connectivity index (χ1v) is 9.38. The Morgan fingerprint density at radius 2 is 1.56 bits per heavy atom. The van der Waals surface area contributed by atoms with Gasteiger partial charge in [0.15, 0.2) is 6.61 Å². The summed E-state index contributed by atoms with van der Waals surface area (Å²) in [5.41, 5.74) is 1.92. The molecule has 1 heterocycles. The first-order chi connectivity index (χ1) is 13.2. The number of hydrogen-bond acceptors (Lipinski definition) is 4. The highest BCUT2D eigenvalue weighted by molar-refractivity contribution is 7.10. The average molecular weight is 377 g/mol. The van der Waals surface area contributed by atoms with Gasteiger partial charge in [-0.25, -0.2) is 4.79 Å². The number of rotatable bonds is 7. The number of amides is 1. The lowest BCUT2D eigenvalue weighted by molar-refractivity contribution is -0.143. The quantitative estimate of drug-likeness (QED) is 0.496. The van der Waals surface area contributed by atoms with Crippen molar-refractivity contribution < 1.29 is 14.3 Å². The van der Waals surface area contributed by atoms with Crippen LogP contribution in [0.5, 0.6) is 0 Å². The molecule has 136 valence electrons. The van der Waals surface area contributed by atoms with Crippen LogP contribution < -0.4 is 5.32 Å². The molecule has 0 bridgehead atoms. The van der Waals surface area contributed by atoms with E-state index in [2.05, 4.69) is 5.32 Å². The molecule has 3 aromatic rings. The van der Waals surface area contributed by atoms with E-state index >= 15 is 0 Å². The molecular weight excluding hydrogens is 358 g/mol. The summed E-state index contributed by atoms with van der Waals surface area (Å²) in [6.45, 7) is -0.330. The molecule has 0 aliphatic rings. The van der Waals surface area contributed by atoms with E-state index in [0.717, 1.165) is 16.0 Å². The molecule has 0 aliphatic carbocycles.